The number of ether oxygens (including phenoxy) is 1. The molecule has 2 aromatic rings. The van der Waals surface area contributed by atoms with Crippen LogP contribution in [0.2, 0.25) is 5.02 Å². The molecule has 2 amide bonds. The van der Waals surface area contributed by atoms with Crippen molar-refractivity contribution < 1.29 is 9.53 Å². The summed E-state index contributed by atoms with van der Waals surface area (Å²) in [5.41, 5.74) is 3.21. The van der Waals surface area contributed by atoms with Crippen LogP contribution >= 0.6 is 11.6 Å². The normalized spacial score (nSPS) is 11.8. The van der Waals surface area contributed by atoms with Gasteiger partial charge in [0.1, 0.15) is 0 Å². The van der Waals surface area contributed by atoms with Crippen molar-refractivity contribution in [1.29, 1.82) is 0 Å². The summed E-state index contributed by atoms with van der Waals surface area (Å²) >= 11 is 5.83. The number of methoxy groups -OCH3 is 1. The first kappa shape index (κ1) is 17.3. The number of carbonyl (C=O) groups excluding carboxylic acids is 1. The van der Waals surface area contributed by atoms with Crippen molar-refractivity contribution in [3.63, 3.8) is 0 Å². The van der Waals surface area contributed by atoms with Crippen molar-refractivity contribution >= 4 is 17.6 Å². The summed E-state index contributed by atoms with van der Waals surface area (Å²) in [5, 5.41) is 6.34. The molecule has 0 fully saturated rings. The van der Waals surface area contributed by atoms with Gasteiger partial charge in [-0.15, -0.1) is 0 Å². The van der Waals surface area contributed by atoms with Crippen LogP contribution in [0.25, 0.3) is 0 Å². The Labute approximate surface area is 141 Å². The maximum Gasteiger partial charge on any atom is 0.315 e. The van der Waals surface area contributed by atoms with Gasteiger partial charge in [0, 0.05) is 25.2 Å². The molecule has 0 aliphatic heterocycles. The van der Waals surface area contributed by atoms with Gasteiger partial charge in [0.15, 0.2) is 0 Å². The van der Waals surface area contributed by atoms with Crippen molar-refractivity contribution in [2.24, 2.45) is 0 Å². The predicted molar refractivity (Wildman–Crippen MR) is 92.6 cm³/mol. The molecule has 0 spiro atoms. The number of nitrogens with one attached hydrogen (secondary N) is 2. The van der Waals surface area contributed by atoms with E-state index in [2.05, 4.69) is 10.6 Å². The minimum absolute atomic E-state index is 0.169. The summed E-state index contributed by atoms with van der Waals surface area (Å²) < 4.78 is 5.49. The third-order valence-corrected chi connectivity index (χ3v) is 3.89. The van der Waals surface area contributed by atoms with E-state index < -0.39 is 0 Å². The van der Waals surface area contributed by atoms with Gasteiger partial charge in [0.2, 0.25) is 0 Å². The van der Waals surface area contributed by atoms with E-state index in [9.17, 15) is 4.79 Å². The monoisotopic (exact) mass is 332 g/mol. The molecule has 1 atom stereocenters. The molecule has 0 saturated heterocycles. The topological polar surface area (TPSA) is 50.4 Å². The number of halogens is 1. The van der Waals surface area contributed by atoms with E-state index in [1.807, 2.05) is 43.3 Å². The summed E-state index contributed by atoms with van der Waals surface area (Å²) in [5.74, 6) is 0. The largest absolute Gasteiger partial charge is 0.375 e. The lowest BCUT2D eigenvalue weighted by Crippen LogP contribution is -2.37. The first-order chi connectivity index (χ1) is 11.1. The fourth-order valence-electron chi connectivity index (χ4n) is 2.30. The second-order valence-corrected chi connectivity index (χ2v) is 5.71. The van der Waals surface area contributed by atoms with E-state index in [0.717, 1.165) is 16.7 Å². The van der Waals surface area contributed by atoms with Crippen LogP contribution in [0.1, 0.15) is 22.8 Å². The number of benzene rings is 2. The molecule has 122 valence electrons. The number of carbonyl (C=O) groups is 1. The van der Waals surface area contributed by atoms with Gasteiger partial charge in [-0.1, -0.05) is 48.0 Å². The van der Waals surface area contributed by atoms with Crippen LogP contribution < -0.4 is 10.6 Å². The highest BCUT2D eigenvalue weighted by Gasteiger charge is 2.13. The highest BCUT2D eigenvalue weighted by atomic mass is 35.5. The van der Waals surface area contributed by atoms with Gasteiger partial charge < -0.3 is 15.4 Å². The second-order valence-electron chi connectivity index (χ2n) is 5.27. The van der Waals surface area contributed by atoms with E-state index in [1.165, 1.54) is 0 Å². The molecule has 23 heavy (non-hydrogen) atoms. The quantitative estimate of drug-likeness (QED) is 0.844. The third-order valence-electron chi connectivity index (χ3n) is 3.63. The van der Waals surface area contributed by atoms with Crippen LogP contribution in [0.15, 0.2) is 48.5 Å². The molecule has 4 nitrogen and oxygen atoms in total. The Balaban J connectivity index is 1.83. The van der Waals surface area contributed by atoms with Gasteiger partial charge >= 0.3 is 6.03 Å². The summed E-state index contributed by atoms with van der Waals surface area (Å²) in [4.78, 5) is 11.9. The maximum absolute atomic E-state index is 11.9. The molecule has 0 bridgehead atoms. The Bertz CT molecular complexity index is 644. The van der Waals surface area contributed by atoms with E-state index in [-0.39, 0.29) is 12.1 Å². The van der Waals surface area contributed by atoms with Crippen molar-refractivity contribution in [2.75, 3.05) is 13.7 Å². The molecule has 0 aliphatic rings. The molecule has 2 rings (SSSR count). The highest BCUT2D eigenvalue weighted by Crippen LogP contribution is 2.19. The van der Waals surface area contributed by atoms with Crippen molar-refractivity contribution in [2.45, 2.75) is 19.6 Å². The first-order valence-corrected chi connectivity index (χ1v) is 7.82. The standard InChI is InChI=1S/C18H21ClN2O2/c1-13-5-3-4-6-16(13)17(23-2)12-21-18(22)20-11-14-7-9-15(19)10-8-14/h3-10,17H,11-12H2,1-2H3,(H2,20,21,22)/t17-/m0/s1. The van der Waals surface area contributed by atoms with Crippen LogP contribution in [0.3, 0.4) is 0 Å². The number of urea groups is 1. The number of aryl methyl sites for hydroxylation is 1. The smallest absolute Gasteiger partial charge is 0.315 e. The van der Waals surface area contributed by atoms with Crippen molar-refractivity contribution in [3.8, 4) is 0 Å². The average molecular weight is 333 g/mol. The Morgan fingerprint density at radius 2 is 1.83 bits per heavy atom. The van der Waals surface area contributed by atoms with E-state index in [0.29, 0.717) is 18.1 Å². The fourth-order valence-corrected chi connectivity index (χ4v) is 2.43. The molecule has 0 aliphatic carbocycles. The van der Waals surface area contributed by atoms with Gasteiger partial charge in [-0.2, -0.15) is 0 Å². The van der Waals surface area contributed by atoms with Gasteiger partial charge in [0.05, 0.1) is 6.10 Å². The zero-order valence-electron chi connectivity index (χ0n) is 13.3. The van der Waals surface area contributed by atoms with Crippen LogP contribution in [0.5, 0.6) is 0 Å². The summed E-state index contributed by atoms with van der Waals surface area (Å²) in [6.45, 7) is 2.89. The molecule has 5 heteroatoms. The zero-order valence-corrected chi connectivity index (χ0v) is 14.1. The molecular weight excluding hydrogens is 312 g/mol. The Hall–Kier alpha value is -2.04. The summed E-state index contributed by atoms with van der Waals surface area (Å²) in [6, 6.07) is 15.1. The first-order valence-electron chi connectivity index (χ1n) is 7.44. The minimum atomic E-state index is -0.226. The summed E-state index contributed by atoms with van der Waals surface area (Å²) in [7, 11) is 1.64. The number of amides is 2. The van der Waals surface area contributed by atoms with Crippen LogP contribution in [-0.2, 0) is 11.3 Å². The molecule has 0 saturated carbocycles. The van der Waals surface area contributed by atoms with E-state index >= 15 is 0 Å². The van der Waals surface area contributed by atoms with Gasteiger partial charge in [-0.3, -0.25) is 0 Å². The van der Waals surface area contributed by atoms with E-state index in [1.54, 1.807) is 19.2 Å². The second kappa shape index (κ2) is 8.56. The molecule has 2 aromatic carbocycles. The lowest BCUT2D eigenvalue weighted by molar-refractivity contribution is 0.103. The van der Waals surface area contributed by atoms with Crippen LogP contribution in [0.4, 0.5) is 4.79 Å². The van der Waals surface area contributed by atoms with Crippen molar-refractivity contribution in [1.82, 2.24) is 10.6 Å². The fraction of sp³-hybridized carbons (Fsp3) is 0.278. The lowest BCUT2D eigenvalue weighted by atomic mass is 10.0. The summed E-state index contributed by atoms with van der Waals surface area (Å²) in [6.07, 6.45) is -0.169. The Morgan fingerprint density at radius 3 is 2.48 bits per heavy atom. The molecule has 2 N–H and O–H groups in total. The molecule has 0 heterocycles. The molecule has 0 aromatic heterocycles. The van der Waals surface area contributed by atoms with Crippen molar-refractivity contribution in [3.05, 3.63) is 70.2 Å². The maximum atomic E-state index is 11.9. The molecule has 0 radical (unpaired) electrons. The number of hydrogen-bond donors (Lipinski definition) is 2. The number of rotatable bonds is 6. The van der Waals surface area contributed by atoms with Crippen LogP contribution in [-0.4, -0.2) is 19.7 Å². The van der Waals surface area contributed by atoms with Crippen LogP contribution in [0, 0.1) is 6.92 Å². The Kier molecular flexibility index (Phi) is 6.44. The lowest BCUT2D eigenvalue weighted by Gasteiger charge is -2.18. The molecule has 0 unspecified atom stereocenters. The van der Waals surface area contributed by atoms with Gasteiger partial charge in [-0.05, 0) is 35.7 Å². The minimum Gasteiger partial charge on any atom is -0.375 e. The third kappa shape index (κ3) is 5.27. The molecular formula is C18H21ClN2O2. The SMILES string of the molecule is CO[C@@H](CNC(=O)NCc1ccc(Cl)cc1)c1ccccc1C. The average Bonchev–Trinajstić information content (AvgIpc) is 2.56. The van der Waals surface area contributed by atoms with Gasteiger partial charge in [0.25, 0.3) is 0 Å². The highest BCUT2D eigenvalue weighted by molar-refractivity contribution is 6.30. The van der Waals surface area contributed by atoms with Gasteiger partial charge in [-0.25, -0.2) is 4.79 Å². The zero-order chi connectivity index (χ0) is 16.7. The Morgan fingerprint density at radius 1 is 1.13 bits per heavy atom. The predicted octanol–water partition coefficient (Wildman–Crippen LogP) is 3.84. The number of hydrogen-bond acceptors (Lipinski definition) is 2. The van der Waals surface area contributed by atoms with E-state index in [4.69, 9.17) is 16.3 Å².